The molecule has 4 aliphatic rings. The van der Waals surface area contributed by atoms with E-state index >= 15 is 0 Å². The van der Waals surface area contributed by atoms with Gasteiger partial charge in [0.25, 0.3) is 0 Å². The molecule has 10 nitrogen and oxygen atoms in total. The maximum absolute atomic E-state index is 11.0. The van der Waals surface area contributed by atoms with Gasteiger partial charge in [0, 0.05) is 80.1 Å². The second kappa shape index (κ2) is 27.3. The van der Waals surface area contributed by atoms with Crippen LogP contribution in [0.5, 0.6) is 0 Å². The van der Waals surface area contributed by atoms with Crippen LogP contribution in [0.1, 0.15) is 55.6 Å². The van der Waals surface area contributed by atoms with Crippen LogP contribution in [0.15, 0.2) is 396 Å². The topological polar surface area (TPSA) is 135 Å². The first kappa shape index (κ1) is 68.4. The number of aromatic nitrogens is 8. The summed E-state index contributed by atoms with van der Waals surface area (Å²) in [4.78, 5) is 34.7. The summed E-state index contributed by atoms with van der Waals surface area (Å²) in [5.74, 6) is 3.32. The molecule has 0 N–H and O–H groups in total. The number of hydrogen-bond donors (Lipinski definition) is 0. The Kier molecular flexibility index (Phi) is 15.8. The van der Waals surface area contributed by atoms with Crippen molar-refractivity contribution in [1.82, 2.24) is 39.0 Å². The molecule has 4 aromatic heterocycles. The Morgan fingerprint density at radius 2 is 0.576 bits per heavy atom. The predicted octanol–water partition coefficient (Wildman–Crippen LogP) is 25.3. The normalized spacial score (nSPS) is 13.1. The van der Waals surface area contributed by atoms with Gasteiger partial charge >= 0.3 is 0 Å². The first-order valence-corrected chi connectivity index (χ1v) is 41.0. The van der Waals surface area contributed by atoms with Gasteiger partial charge in [-0.2, -0.15) is 10.5 Å². The largest absolute Gasteiger partial charge is 0.308 e. The minimum absolute atomic E-state index is 0.483. The lowest BCUT2D eigenvalue weighted by atomic mass is 9.67. The molecule has 0 atom stereocenters. The Balaban J connectivity index is 0.000000138. The van der Waals surface area contributed by atoms with E-state index in [2.05, 4.69) is 246 Å². The van der Waals surface area contributed by atoms with Crippen LogP contribution in [0.2, 0.25) is 0 Å². The molecule has 2 aliphatic heterocycles. The molecule has 0 amide bonds. The number of benzene rings is 16. The Morgan fingerprint density at radius 3 is 1.01 bits per heavy atom. The van der Waals surface area contributed by atoms with E-state index in [1.54, 1.807) is 0 Å². The highest BCUT2D eigenvalue weighted by atomic mass is 32.2. The van der Waals surface area contributed by atoms with Crippen molar-refractivity contribution in [1.29, 1.82) is 10.5 Å². The average molecular weight is 1540 g/mol. The van der Waals surface area contributed by atoms with Crippen LogP contribution in [-0.4, -0.2) is 39.0 Å². The highest BCUT2D eigenvalue weighted by Crippen LogP contribution is 2.66. The maximum Gasteiger partial charge on any atom is 0.164 e. The number of nitriles is 2. The van der Waals surface area contributed by atoms with E-state index in [4.69, 9.17) is 29.9 Å². The zero-order chi connectivity index (χ0) is 78.2. The van der Waals surface area contributed by atoms with Crippen molar-refractivity contribution >= 4 is 67.1 Å². The molecule has 6 heterocycles. The summed E-state index contributed by atoms with van der Waals surface area (Å²) in [6.45, 7) is 0. The van der Waals surface area contributed by atoms with E-state index in [9.17, 15) is 10.5 Å². The molecule has 0 fully saturated rings. The fourth-order valence-corrected chi connectivity index (χ4v) is 21.5. The molecule has 0 saturated carbocycles. The van der Waals surface area contributed by atoms with Gasteiger partial charge in [-0.25, -0.2) is 29.9 Å². The molecule has 0 unspecified atom stereocenters. The fraction of sp³-hybridized carbons (Fsp3) is 0.0189. The minimum Gasteiger partial charge on any atom is -0.308 e. The third-order valence-electron chi connectivity index (χ3n) is 23.9. The number of para-hydroxylation sites is 2. The van der Waals surface area contributed by atoms with Crippen molar-refractivity contribution in [2.45, 2.75) is 30.4 Å². The second-order valence-corrected chi connectivity index (χ2v) is 32.2. The molecule has 12 heteroatoms. The van der Waals surface area contributed by atoms with Gasteiger partial charge in [0.15, 0.2) is 34.9 Å². The molecule has 548 valence electrons. The van der Waals surface area contributed by atoms with Gasteiger partial charge in [0.05, 0.1) is 55.4 Å². The number of hydrogen-bond acceptors (Lipinski definition) is 10. The van der Waals surface area contributed by atoms with Gasteiger partial charge in [0.2, 0.25) is 0 Å². The van der Waals surface area contributed by atoms with Crippen LogP contribution in [0.25, 0.3) is 146 Å². The van der Waals surface area contributed by atoms with Crippen molar-refractivity contribution in [2.24, 2.45) is 0 Å². The van der Waals surface area contributed by atoms with Gasteiger partial charge in [-0.05, 0) is 140 Å². The van der Waals surface area contributed by atoms with Crippen LogP contribution in [-0.2, 0) is 10.8 Å². The van der Waals surface area contributed by atoms with E-state index in [1.165, 1.54) is 91.7 Å². The van der Waals surface area contributed by atoms with E-state index in [-0.39, 0.29) is 0 Å². The zero-order valence-corrected chi connectivity index (χ0v) is 64.7. The second-order valence-electron chi connectivity index (χ2n) is 30.0. The standard InChI is InChI=1S/2C53H31N5S/c54-32-36-31-35(52-56-50(33-15-3-1-4-16-33)55-51(57-52)34-17-5-2-6-18-34)27-30-44(36)58-45-24-12-8-19-37(45)38-28-29-43-48(49(38)58)39-20-7-9-21-40(39)53(43)41-22-10-13-25-46(41)59-47-26-14-11-23-42(47)53;54-32-36-31-35(52-56-50(33-15-3-1-4-16-33)55-51(57-52)34-17-5-2-6-18-34)27-29-43(36)58-44-24-12-8-20-38(44)49-45(58)30-28-42-48(49)37-19-7-9-21-39(37)53(42)40-22-10-13-25-46(40)59-47-26-14-11-23-41(47)53/h2*1-31H. The lowest BCUT2D eigenvalue weighted by molar-refractivity contribution is 0.723. The molecule has 20 aromatic rings. The highest BCUT2D eigenvalue weighted by Gasteiger charge is 2.53. The molecular formula is C106H62N10S2. The fourth-order valence-electron chi connectivity index (χ4n) is 19.1. The lowest BCUT2D eigenvalue weighted by Crippen LogP contribution is -2.31. The summed E-state index contributed by atoms with van der Waals surface area (Å²) >= 11 is 3.70. The van der Waals surface area contributed by atoms with E-state index in [1.807, 2.05) is 175 Å². The van der Waals surface area contributed by atoms with Crippen LogP contribution in [0.4, 0.5) is 0 Å². The summed E-state index contributed by atoms with van der Waals surface area (Å²) in [7, 11) is 0. The number of fused-ring (bicyclic) bond motifs is 26. The Morgan fingerprint density at radius 1 is 0.246 bits per heavy atom. The molecule has 24 rings (SSSR count). The summed E-state index contributed by atoms with van der Waals surface area (Å²) in [5, 5.41) is 26.6. The van der Waals surface area contributed by atoms with Crippen molar-refractivity contribution in [3.63, 3.8) is 0 Å². The highest BCUT2D eigenvalue weighted by molar-refractivity contribution is 7.99. The van der Waals surface area contributed by atoms with Crippen molar-refractivity contribution < 1.29 is 0 Å². The first-order valence-electron chi connectivity index (χ1n) is 39.3. The quantitative estimate of drug-likeness (QED) is 0.145. The van der Waals surface area contributed by atoms with Gasteiger partial charge in [0.1, 0.15) is 12.1 Å². The Bertz CT molecular complexity index is 7460. The summed E-state index contributed by atoms with van der Waals surface area (Å²) in [5.41, 5.74) is 26.1. The smallest absolute Gasteiger partial charge is 0.164 e. The summed E-state index contributed by atoms with van der Waals surface area (Å²) in [6, 6.07) is 137. The van der Waals surface area contributed by atoms with Crippen LogP contribution in [0, 0.1) is 22.7 Å². The Hall–Kier alpha value is -15.2. The van der Waals surface area contributed by atoms with Crippen LogP contribution in [0.3, 0.4) is 0 Å². The lowest BCUT2D eigenvalue weighted by Gasteiger charge is -2.39. The van der Waals surface area contributed by atoms with Crippen molar-refractivity contribution in [2.75, 3.05) is 0 Å². The van der Waals surface area contributed by atoms with E-state index < -0.39 is 10.8 Å². The van der Waals surface area contributed by atoms with Crippen molar-refractivity contribution in [3.8, 4) is 114 Å². The third-order valence-corrected chi connectivity index (χ3v) is 26.2. The number of rotatable bonds is 8. The van der Waals surface area contributed by atoms with Crippen LogP contribution < -0.4 is 0 Å². The van der Waals surface area contributed by atoms with Gasteiger partial charge in [-0.15, -0.1) is 0 Å². The maximum atomic E-state index is 11.0. The summed E-state index contributed by atoms with van der Waals surface area (Å²) < 4.78 is 4.58. The van der Waals surface area contributed by atoms with E-state index in [0.29, 0.717) is 46.1 Å². The average Bonchev–Trinajstić information content (AvgIpc) is 1.51. The first-order chi connectivity index (χ1) is 58.4. The molecular weight excluding hydrogens is 1480 g/mol. The summed E-state index contributed by atoms with van der Waals surface area (Å²) in [6.07, 6.45) is 0. The molecule has 2 aliphatic carbocycles. The van der Waals surface area contributed by atoms with Gasteiger partial charge in [-0.1, -0.05) is 321 Å². The molecule has 118 heavy (non-hydrogen) atoms. The minimum atomic E-state index is -0.520. The predicted molar refractivity (Wildman–Crippen MR) is 473 cm³/mol. The number of nitrogens with zero attached hydrogens (tertiary/aromatic N) is 10. The molecule has 0 bridgehead atoms. The van der Waals surface area contributed by atoms with Gasteiger partial charge < -0.3 is 9.13 Å². The van der Waals surface area contributed by atoms with E-state index in [0.717, 1.165) is 83.0 Å². The SMILES string of the molecule is N#Cc1cc(-c2nc(-c3ccccc3)nc(-c3ccccc3)n2)ccc1-n1c2ccccc2c2c3c(ccc21)C1(c2ccccc2Sc2ccccc21)c1ccccc1-3.N#Cc1cc(-c2nc(-c3ccccc3)nc(-c3ccccc3)n2)ccc1-n1c2ccccc2c2ccc3c(c21)-c1ccccc1C31c2ccccc2Sc2ccccc21. The molecule has 0 saturated heterocycles. The Labute approximate surface area is 688 Å². The third kappa shape index (κ3) is 10.3. The zero-order valence-electron chi connectivity index (χ0n) is 63.1. The van der Waals surface area contributed by atoms with Crippen molar-refractivity contribution in [3.05, 3.63) is 432 Å². The monoisotopic (exact) mass is 1540 g/mol. The molecule has 2 spiro atoms. The van der Waals surface area contributed by atoms with Gasteiger partial charge in [-0.3, -0.25) is 0 Å². The molecule has 16 aromatic carbocycles. The molecule has 0 radical (unpaired) electrons. The van der Waals surface area contributed by atoms with Crippen LogP contribution >= 0.6 is 23.5 Å².